The van der Waals surface area contributed by atoms with E-state index >= 15 is 0 Å². The fraction of sp³-hybridized carbons (Fsp3) is 0.238. The van der Waals surface area contributed by atoms with Gasteiger partial charge in [-0.25, -0.2) is 0 Å². The third-order valence-electron chi connectivity index (χ3n) is 3.48. The molecule has 0 saturated heterocycles. The van der Waals surface area contributed by atoms with Gasteiger partial charge in [-0.05, 0) is 30.2 Å². The lowest BCUT2D eigenvalue weighted by molar-refractivity contribution is 0.0842. The molecule has 2 amide bonds. The Morgan fingerprint density at radius 1 is 0.926 bits per heavy atom. The summed E-state index contributed by atoms with van der Waals surface area (Å²) in [4.78, 5) is 24.9. The fourth-order valence-electron chi connectivity index (χ4n) is 2.21. The first-order chi connectivity index (χ1) is 13.0. The maximum Gasteiger partial charge on any atom is 0.273 e. The molecule has 142 valence electrons. The van der Waals surface area contributed by atoms with Gasteiger partial charge < -0.3 is 9.47 Å². The van der Waals surface area contributed by atoms with Crippen LogP contribution in [0.4, 0.5) is 0 Å². The number of hydrazine groups is 1. The van der Waals surface area contributed by atoms with Gasteiger partial charge in [-0.2, -0.15) is 0 Å². The Labute approximate surface area is 159 Å². The summed E-state index contributed by atoms with van der Waals surface area (Å²) in [5, 5.41) is 0. The predicted molar refractivity (Wildman–Crippen MR) is 104 cm³/mol. The van der Waals surface area contributed by atoms with Crippen LogP contribution in [0.5, 0.6) is 11.5 Å². The summed E-state index contributed by atoms with van der Waals surface area (Å²) in [5.74, 6) is 0.251. The Bertz CT molecular complexity index is 802. The summed E-state index contributed by atoms with van der Waals surface area (Å²) >= 11 is 0. The SMILES string of the molecule is C=CCOc1ccccc1C(=O)NNC(=O)c1ccccc1OCC(C)C. The zero-order valence-corrected chi connectivity index (χ0v) is 15.5. The minimum Gasteiger partial charge on any atom is -0.492 e. The summed E-state index contributed by atoms with van der Waals surface area (Å²) in [6, 6.07) is 13.6. The first-order valence-corrected chi connectivity index (χ1v) is 8.68. The van der Waals surface area contributed by atoms with E-state index < -0.39 is 11.8 Å². The zero-order valence-electron chi connectivity index (χ0n) is 15.5. The van der Waals surface area contributed by atoms with E-state index in [2.05, 4.69) is 17.4 Å². The summed E-state index contributed by atoms with van der Waals surface area (Å²) in [7, 11) is 0. The number of hydrogen-bond acceptors (Lipinski definition) is 4. The number of rotatable bonds is 8. The van der Waals surface area contributed by atoms with Crippen LogP contribution in [0.25, 0.3) is 0 Å². The van der Waals surface area contributed by atoms with Gasteiger partial charge in [-0.15, -0.1) is 0 Å². The number of nitrogens with one attached hydrogen (secondary N) is 2. The number of carbonyl (C=O) groups excluding carboxylic acids is 2. The zero-order chi connectivity index (χ0) is 19.6. The molecule has 0 bridgehead atoms. The van der Waals surface area contributed by atoms with E-state index in [1.54, 1.807) is 54.6 Å². The van der Waals surface area contributed by atoms with Gasteiger partial charge in [0, 0.05) is 0 Å². The van der Waals surface area contributed by atoms with Crippen molar-refractivity contribution in [3.8, 4) is 11.5 Å². The molecule has 0 saturated carbocycles. The first-order valence-electron chi connectivity index (χ1n) is 8.68. The molecule has 0 radical (unpaired) electrons. The molecular weight excluding hydrogens is 344 g/mol. The molecule has 2 aromatic carbocycles. The van der Waals surface area contributed by atoms with Crippen molar-refractivity contribution in [2.45, 2.75) is 13.8 Å². The molecular formula is C21H24N2O4. The molecule has 0 aliphatic heterocycles. The lowest BCUT2D eigenvalue weighted by Gasteiger charge is -2.14. The second kappa shape index (κ2) is 10.0. The highest BCUT2D eigenvalue weighted by atomic mass is 16.5. The van der Waals surface area contributed by atoms with Crippen molar-refractivity contribution < 1.29 is 19.1 Å². The molecule has 6 nitrogen and oxygen atoms in total. The second-order valence-corrected chi connectivity index (χ2v) is 6.21. The normalized spacial score (nSPS) is 10.2. The van der Waals surface area contributed by atoms with Gasteiger partial charge in [0.15, 0.2) is 0 Å². The highest BCUT2D eigenvalue weighted by Gasteiger charge is 2.16. The topological polar surface area (TPSA) is 76.7 Å². The van der Waals surface area contributed by atoms with Gasteiger partial charge in [0.1, 0.15) is 18.1 Å². The van der Waals surface area contributed by atoms with E-state index in [1.807, 2.05) is 13.8 Å². The van der Waals surface area contributed by atoms with Crippen molar-refractivity contribution in [3.05, 3.63) is 72.3 Å². The fourth-order valence-corrected chi connectivity index (χ4v) is 2.21. The molecule has 0 aliphatic carbocycles. The van der Waals surface area contributed by atoms with Crippen LogP contribution in [0.2, 0.25) is 0 Å². The van der Waals surface area contributed by atoms with Gasteiger partial charge in [0.05, 0.1) is 17.7 Å². The molecule has 0 atom stereocenters. The summed E-state index contributed by atoms with van der Waals surface area (Å²) in [6.45, 7) is 8.39. The number of hydrogen-bond donors (Lipinski definition) is 2. The van der Waals surface area contributed by atoms with Crippen molar-refractivity contribution >= 4 is 11.8 Å². The lowest BCUT2D eigenvalue weighted by Crippen LogP contribution is -2.41. The number of para-hydroxylation sites is 2. The van der Waals surface area contributed by atoms with Gasteiger partial charge in [0.2, 0.25) is 0 Å². The maximum absolute atomic E-state index is 12.5. The van der Waals surface area contributed by atoms with E-state index in [4.69, 9.17) is 9.47 Å². The van der Waals surface area contributed by atoms with Crippen LogP contribution in [-0.4, -0.2) is 25.0 Å². The Hall–Kier alpha value is -3.28. The van der Waals surface area contributed by atoms with E-state index in [0.29, 0.717) is 35.2 Å². The van der Waals surface area contributed by atoms with Gasteiger partial charge in [0.25, 0.3) is 11.8 Å². The third kappa shape index (κ3) is 5.88. The average Bonchev–Trinajstić information content (AvgIpc) is 2.69. The quantitative estimate of drug-likeness (QED) is 0.553. The van der Waals surface area contributed by atoms with Crippen molar-refractivity contribution in [3.63, 3.8) is 0 Å². The molecule has 6 heteroatoms. The molecule has 0 aliphatic rings. The van der Waals surface area contributed by atoms with Gasteiger partial charge in [-0.1, -0.05) is 50.8 Å². The highest BCUT2D eigenvalue weighted by Crippen LogP contribution is 2.19. The van der Waals surface area contributed by atoms with Crippen LogP contribution in [0, 0.1) is 5.92 Å². The average molecular weight is 368 g/mol. The summed E-state index contributed by atoms with van der Waals surface area (Å²) < 4.78 is 11.1. The van der Waals surface area contributed by atoms with Crippen LogP contribution in [0.3, 0.4) is 0 Å². The van der Waals surface area contributed by atoms with Gasteiger partial charge in [-0.3, -0.25) is 20.4 Å². The van der Waals surface area contributed by atoms with Gasteiger partial charge >= 0.3 is 0 Å². The molecule has 27 heavy (non-hydrogen) atoms. The van der Waals surface area contributed by atoms with Crippen molar-refractivity contribution in [1.29, 1.82) is 0 Å². The minimum atomic E-state index is -0.483. The van der Waals surface area contributed by atoms with E-state index in [1.165, 1.54) is 0 Å². The summed E-state index contributed by atoms with van der Waals surface area (Å²) in [5.41, 5.74) is 5.47. The number of amides is 2. The van der Waals surface area contributed by atoms with E-state index in [0.717, 1.165) is 0 Å². The van der Waals surface area contributed by atoms with Crippen LogP contribution in [0.1, 0.15) is 34.6 Å². The summed E-state index contributed by atoms with van der Waals surface area (Å²) in [6.07, 6.45) is 1.59. The maximum atomic E-state index is 12.5. The molecule has 0 heterocycles. The monoisotopic (exact) mass is 368 g/mol. The molecule has 0 fully saturated rings. The molecule has 0 spiro atoms. The Kier molecular flexibility index (Phi) is 7.43. The number of benzene rings is 2. The van der Waals surface area contributed by atoms with E-state index in [9.17, 15) is 9.59 Å². The van der Waals surface area contributed by atoms with Crippen LogP contribution in [0.15, 0.2) is 61.2 Å². The Morgan fingerprint density at radius 2 is 1.41 bits per heavy atom. The lowest BCUT2D eigenvalue weighted by atomic mass is 10.2. The second-order valence-electron chi connectivity index (χ2n) is 6.21. The number of carbonyl (C=O) groups is 2. The van der Waals surface area contributed by atoms with Crippen LogP contribution >= 0.6 is 0 Å². The molecule has 2 aromatic rings. The Balaban J connectivity index is 2.04. The molecule has 2 N–H and O–H groups in total. The molecule has 2 rings (SSSR count). The largest absolute Gasteiger partial charge is 0.492 e. The van der Waals surface area contributed by atoms with Crippen molar-refractivity contribution in [2.75, 3.05) is 13.2 Å². The first kappa shape index (κ1) is 20.0. The molecule has 0 aromatic heterocycles. The Morgan fingerprint density at radius 3 is 1.89 bits per heavy atom. The van der Waals surface area contributed by atoms with Crippen molar-refractivity contribution in [2.24, 2.45) is 5.92 Å². The standard InChI is InChI=1S/C21H24N2O4/c1-4-13-26-18-11-7-5-9-16(18)20(24)22-23-21(25)17-10-6-8-12-19(17)27-14-15(2)3/h4-12,15H,1,13-14H2,2-3H3,(H,22,24)(H,23,25). The van der Waals surface area contributed by atoms with Crippen LogP contribution < -0.4 is 20.3 Å². The third-order valence-corrected chi connectivity index (χ3v) is 3.48. The van der Waals surface area contributed by atoms with E-state index in [-0.39, 0.29) is 6.61 Å². The predicted octanol–water partition coefficient (Wildman–Crippen LogP) is 3.36. The van der Waals surface area contributed by atoms with Crippen molar-refractivity contribution in [1.82, 2.24) is 10.9 Å². The number of ether oxygens (including phenoxy) is 2. The van der Waals surface area contributed by atoms with Crippen LogP contribution in [-0.2, 0) is 0 Å². The minimum absolute atomic E-state index is 0.275. The highest BCUT2D eigenvalue weighted by molar-refractivity contribution is 6.01. The smallest absolute Gasteiger partial charge is 0.273 e. The molecule has 0 unspecified atom stereocenters.